The molecule has 53 heavy (non-hydrogen) atoms. The summed E-state index contributed by atoms with van der Waals surface area (Å²) in [7, 11) is 0. The molecular weight excluding hydrogens is 645 g/mol. The summed E-state index contributed by atoms with van der Waals surface area (Å²) in [6.07, 6.45) is 0. The molecule has 0 aromatic heterocycles. The predicted molar refractivity (Wildman–Crippen MR) is 224 cm³/mol. The van der Waals surface area contributed by atoms with E-state index in [0.29, 0.717) is 6.61 Å². The van der Waals surface area contributed by atoms with E-state index < -0.39 is 0 Å². The van der Waals surface area contributed by atoms with Gasteiger partial charge in [0.1, 0.15) is 18.0 Å². The number of anilines is 3. The lowest BCUT2D eigenvalue weighted by atomic mass is 9.95. The van der Waals surface area contributed by atoms with E-state index >= 15 is 0 Å². The van der Waals surface area contributed by atoms with Gasteiger partial charge in [-0.05, 0) is 110 Å². The van der Waals surface area contributed by atoms with Crippen LogP contribution in [-0.4, -0.2) is 6.72 Å². The van der Waals surface area contributed by atoms with Crippen LogP contribution in [0.2, 0.25) is 0 Å². The predicted octanol–water partition coefficient (Wildman–Crippen LogP) is 13.9. The summed E-state index contributed by atoms with van der Waals surface area (Å²) in [5.74, 6) is 0.730. The highest BCUT2D eigenvalue weighted by Gasteiger charge is 2.15. The quantitative estimate of drug-likeness (QED) is 0.142. The minimum atomic E-state index is 0.423. The largest absolute Gasteiger partial charge is 0.487 e. The minimum Gasteiger partial charge on any atom is -0.487 e. The van der Waals surface area contributed by atoms with E-state index in [1.807, 2.05) is 18.2 Å². The second-order valence-electron chi connectivity index (χ2n) is 13.2. The van der Waals surface area contributed by atoms with Crippen molar-refractivity contribution in [3.63, 3.8) is 0 Å². The first-order chi connectivity index (χ1) is 26.2. The van der Waals surface area contributed by atoms with Gasteiger partial charge in [0, 0.05) is 22.4 Å². The van der Waals surface area contributed by atoms with Crippen molar-refractivity contribution in [3.05, 3.63) is 200 Å². The third-order valence-electron chi connectivity index (χ3n) is 10.1. The Morgan fingerprint density at radius 3 is 1.74 bits per heavy atom. The number of hydrogen-bond donors (Lipinski definition) is 0. The van der Waals surface area contributed by atoms with E-state index in [1.165, 1.54) is 38.2 Å². The normalized spacial score (nSPS) is 11.2. The molecule has 0 saturated carbocycles. The molecule has 3 heteroatoms. The Kier molecular flexibility index (Phi) is 8.43. The maximum absolute atomic E-state index is 6.41. The Bertz CT molecular complexity index is 2740. The van der Waals surface area contributed by atoms with Gasteiger partial charge in [-0.2, -0.15) is 0 Å². The van der Waals surface area contributed by atoms with Gasteiger partial charge in [0.2, 0.25) is 0 Å². The van der Waals surface area contributed by atoms with Crippen molar-refractivity contribution in [1.82, 2.24) is 0 Å². The fourth-order valence-corrected chi connectivity index (χ4v) is 7.40. The lowest BCUT2D eigenvalue weighted by Crippen LogP contribution is -2.09. The van der Waals surface area contributed by atoms with Crippen LogP contribution in [-0.2, 0) is 6.61 Å². The summed E-state index contributed by atoms with van der Waals surface area (Å²) in [5, 5.41) is 7.00. The molecule has 9 aromatic rings. The Morgan fingerprint density at radius 1 is 0.434 bits per heavy atom. The second kappa shape index (κ2) is 14.0. The minimum absolute atomic E-state index is 0.423. The number of ether oxygens (including phenoxy) is 1. The van der Waals surface area contributed by atoms with E-state index in [2.05, 4.69) is 193 Å². The summed E-state index contributed by atoms with van der Waals surface area (Å²) in [4.78, 5) is 6.64. The zero-order chi connectivity index (χ0) is 35.6. The van der Waals surface area contributed by atoms with Gasteiger partial charge in [0.15, 0.2) is 0 Å². The molecule has 0 aliphatic carbocycles. The summed E-state index contributed by atoms with van der Waals surface area (Å²) in [5.41, 5.74) is 9.93. The summed E-state index contributed by atoms with van der Waals surface area (Å²) >= 11 is 0. The Labute approximate surface area is 309 Å². The molecule has 0 amide bonds. The molecule has 0 radical (unpaired) electrons. The van der Waals surface area contributed by atoms with Gasteiger partial charge in [-0.15, -0.1) is 0 Å². The van der Waals surface area contributed by atoms with Crippen LogP contribution in [0.25, 0.3) is 54.6 Å². The first kappa shape index (κ1) is 32.0. The number of fused-ring (bicyclic) bond motifs is 3. The van der Waals surface area contributed by atoms with Crippen LogP contribution >= 0.6 is 0 Å². The highest BCUT2D eigenvalue weighted by Crippen LogP contribution is 2.39. The van der Waals surface area contributed by atoms with Crippen LogP contribution in [0.4, 0.5) is 22.7 Å². The first-order valence-electron chi connectivity index (χ1n) is 17.9. The number of benzene rings is 9. The lowest BCUT2D eigenvalue weighted by Gasteiger charge is -2.26. The molecule has 0 saturated heterocycles. The third kappa shape index (κ3) is 6.19. The number of hydrogen-bond acceptors (Lipinski definition) is 3. The van der Waals surface area contributed by atoms with Gasteiger partial charge in [0.25, 0.3) is 0 Å². The average Bonchev–Trinajstić information content (AvgIpc) is 3.23. The topological polar surface area (TPSA) is 24.8 Å². The number of rotatable bonds is 9. The van der Waals surface area contributed by atoms with E-state index in [0.717, 1.165) is 50.4 Å². The van der Waals surface area contributed by atoms with Crippen LogP contribution < -0.4 is 9.64 Å². The molecule has 0 unspecified atom stereocenters. The fourth-order valence-electron chi connectivity index (χ4n) is 7.40. The molecule has 0 aliphatic rings. The fraction of sp³-hybridized carbons (Fsp3) is 0.0200. The molecule has 0 heterocycles. The van der Waals surface area contributed by atoms with Crippen molar-refractivity contribution in [2.24, 2.45) is 4.99 Å². The van der Waals surface area contributed by atoms with Crippen molar-refractivity contribution < 1.29 is 4.74 Å². The van der Waals surface area contributed by atoms with Crippen LogP contribution in [0, 0.1) is 0 Å². The van der Waals surface area contributed by atoms with Gasteiger partial charge in [-0.3, -0.25) is 4.99 Å². The summed E-state index contributed by atoms with van der Waals surface area (Å²) < 4.78 is 6.41. The maximum Gasteiger partial charge on any atom is 0.146 e. The number of para-hydroxylation sites is 1. The molecule has 0 spiro atoms. The third-order valence-corrected chi connectivity index (χ3v) is 10.1. The van der Waals surface area contributed by atoms with Crippen molar-refractivity contribution >= 4 is 61.8 Å². The molecular formula is C50H36N2O. The molecule has 252 valence electrons. The van der Waals surface area contributed by atoms with Gasteiger partial charge in [0.05, 0.1) is 0 Å². The number of aliphatic imine (C=N–C) groups is 1. The van der Waals surface area contributed by atoms with E-state index in [1.54, 1.807) is 0 Å². The van der Waals surface area contributed by atoms with E-state index in [4.69, 9.17) is 4.74 Å². The Hall–Kier alpha value is -6.97. The van der Waals surface area contributed by atoms with Gasteiger partial charge < -0.3 is 9.64 Å². The highest BCUT2D eigenvalue weighted by atomic mass is 16.5. The zero-order valence-electron chi connectivity index (χ0n) is 29.2. The van der Waals surface area contributed by atoms with Crippen LogP contribution in [0.5, 0.6) is 5.75 Å². The highest BCUT2D eigenvalue weighted by molar-refractivity contribution is 5.99. The molecule has 0 bridgehead atoms. The first-order valence-corrected chi connectivity index (χ1v) is 17.9. The zero-order valence-corrected chi connectivity index (χ0v) is 29.2. The monoisotopic (exact) mass is 680 g/mol. The van der Waals surface area contributed by atoms with Crippen molar-refractivity contribution in [2.45, 2.75) is 6.61 Å². The number of nitrogens with zero attached hydrogens (tertiary/aromatic N) is 2. The van der Waals surface area contributed by atoms with Crippen molar-refractivity contribution in [1.29, 1.82) is 0 Å². The molecule has 0 fully saturated rings. The van der Waals surface area contributed by atoms with Crippen molar-refractivity contribution in [3.8, 4) is 28.0 Å². The smallest absolute Gasteiger partial charge is 0.146 e. The SMILES string of the molecule is C=Nc1c(OCc2ccc(-c3ccc(N(c4ccccc4)c4ccc(-c5ccc6ccccc6c5)cc4)cc3)c3ccccc23)ccc2ccccc12. The lowest BCUT2D eigenvalue weighted by molar-refractivity contribution is 0.309. The average molecular weight is 681 g/mol. The standard InChI is InChI=1S/C50H36N2O/c1-51-50-47-17-8-7-12-37(47)26-32-49(50)53-34-41-25-31-46(48-18-10-9-16-45(41)48)38-23-29-44(30-24-38)52(42-14-3-2-4-15-42)43-27-21-36(22-28-43)40-20-19-35-11-5-6-13-39(35)33-40/h2-33H,1,34H2. The summed E-state index contributed by atoms with van der Waals surface area (Å²) in [6.45, 7) is 4.26. The summed E-state index contributed by atoms with van der Waals surface area (Å²) in [6, 6.07) is 68.7. The van der Waals surface area contributed by atoms with Gasteiger partial charge in [-0.25, -0.2) is 0 Å². The van der Waals surface area contributed by atoms with Crippen LogP contribution in [0.15, 0.2) is 199 Å². The van der Waals surface area contributed by atoms with Crippen molar-refractivity contribution in [2.75, 3.05) is 4.90 Å². The van der Waals surface area contributed by atoms with Gasteiger partial charge in [-0.1, -0.05) is 146 Å². The molecule has 9 rings (SSSR count). The molecule has 0 aliphatic heterocycles. The second-order valence-corrected chi connectivity index (χ2v) is 13.2. The molecule has 0 atom stereocenters. The maximum atomic E-state index is 6.41. The van der Waals surface area contributed by atoms with E-state index in [9.17, 15) is 0 Å². The molecule has 3 nitrogen and oxygen atoms in total. The molecule has 0 N–H and O–H groups in total. The van der Waals surface area contributed by atoms with Gasteiger partial charge >= 0.3 is 0 Å². The van der Waals surface area contributed by atoms with E-state index in [-0.39, 0.29) is 0 Å². The van der Waals surface area contributed by atoms with Crippen LogP contribution in [0.3, 0.4) is 0 Å². The van der Waals surface area contributed by atoms with Crippen LogP contribution in [0.1, 0.15) is 5.56 Å². The Balaban J connectivity index is 1.02. The Morgan fingerprint density at radius 2 is 1.00 bits per heavy atom. The molecule has 9 aromatic carbocycles.